The number of hydrogen-bond acceptors (Lipinski definition) is 5. The summed E-state index contributed by atoms with van der Waals surface area (Å²) in [7, 11) is 0. The Hall–Kier alpha value is -2.18. The van der Waals surface area contributed by atoms with Gasteiger partial charge < -0.3 is 10.7 Å². The molecule has 0 aliphatic carbocycles. The van der Waals surface area contributed by atoms with Gasteiger partial charge in [-0.25, -0.2) is 10.8 Å². The zero-order valence-electron chi connectivity index (χ0n) is 10.8. The highest BCUT2D eigenvalue weighted by Gasteiger charge is 2.13. The van der Waals surface area contributed by atoms with Crippen molar-refractivity contribution in [1.29, 1.82) is 0 Å². The molecule has 0 fully saturated rings. The fourth-order valence-electron chi connectivity index (χ4n) is 1.72. The maximum Gasteiger partial charge on any atom is 0.251 e. The Balaban J connectivity index is 2.14. The van der Waals surface area contributed by atoms with E-state index < -0.39 is 0 Å². The van der Waals surface area contributed by atoms with E-state index in [0.717, 1.165) is 5.56 Å². The van der Waals surface area contributed by atoms with E-state index in [2.05, 4.69) is 20.7 Å². The minimum atomic E-state index is -0.255. The summed E-state index contributed by atoms with van der Waals surface area (Å²) in [6, 6.07) is 6.55. The monoisotopic (exact) mass is 291 g/mol. The molecule has 0 saturated heterocycles. The lowest BCUT2D eigenvalue weighted by Crippen LogP contribution is -2.27. The first-order valence-corrected chi connectivity index (χ1v) is 6.33. The van der Waals surface area contributed by atoms with Crippen molar-refractivity contribution in [3.8, 4) is 0 Å². The lowest BCUT2D eigenvalue weighted by molar-refractivity contribution is 0.0940. The first-order chi connectivity index (χ1) is 9.60. The van der Waals surface area contributed by atoms with Crippen LogP contribution in [-0.2, 0) is 0 Å². The van der Waals surface area contributed by atoms with Gasteiger partial charge in [-0.1, -0.05) is 11.6 Å². The Morgan fingerprint density at radius 3 is 2.70 bits per heavy atom. The summed E-state index contributed by atoms with van der Waals surface area (Å²) in [4.78, 5) is 20.0. The van der Waals surface area contributed by atoms with Crippen LogP contribution in [0.15, 0.2) is 36.7 Å². The lowest BCUT2D eigenvalue weighted by atomic mass is 10.1. The van der Waals surface area contributed by atoms with Gasteiger partial charge >= 0.3 is 0 Å². The summed E-state index contributed by atoms with van der Waals surface area (Å²) >= 11 is 5.83. The summed E-state index contributed by atoms with van der Waals surface area (Å²) < 4.78 is 0. The molecule has 6 nitrogen and oxygen atoms in total. The molecule has 0 radical (unpaired) electrons. The molecule has 4 N–H and O–H groups in total. The second kappa shape index (κ2) is 6.31. The first kappa shape index (κ1) is 14.2. The number of carbonyl (C=O) groups is 1. The molecule has 2 rings (SSSR count). The fourth-order valence-corrected chi connectivity index (χ4v) is 1.93. The zero-order valence-corrected chi connectivity index (χ0v) is 11.6. The molecule has 20 heavy (non-hydrogen) atoms. The molecule has 1 unspecified atom stereocenters. The second-order valence-corrected chi connectivity index (χ2v) is 4.57. The third-order valence-corrected chi connectivity index (χ3v) is 2.95. The second-order valence-electron chi connectivity index (χ2n) is 4.18. The van der Waals surface area contributed by atoms with Crippen LogP contribution in [0, 0.1) is 0 Å². The van der Waals surface area contributed by atoms with Crippen LogP contribution in [-0.4, -0.2) is 15.9 Å². The highest BCUT2D eigenvalue weighted by atomic mass is 35.5. The number of hydrogen-bond donors (Lipinski definition) is 3. The van der Waals surface area contributed by atoms with Crippen molar-refractivity contribution < 1.29 is 4.79 Å². The number of hydrazine groups is 1. The number of anilines is 1. The van der Waals surface area contributed by atoms with Crippen molar-refractivity contribution in [2.24, 2.45) is 5.84 Å². The van der Waals surface area contributed by atoms with Crippen LogP contribution in [0.5, 0.6) is 0 Å². The van der Waals surface area contributed by atoms with Crippen LogP contribution >= 0.6 is 11.6 Å². The first-order valence-electron chi connectivity index (χ1n) is 5.95. The summed E-state index contributed by atoms with van der Waals surface area (Å²) in [6.45, 7) is 1.89. The zero-order chi connectivity index (χ0) is 14.5. The Kier molecular flexibility index (Phi) is 4.49. The minimum absolute atomic E-state index is 0.147. The molecule has 0 aromatic carbocycles. The quantitative estimate of drug-likeness (QED) is 0.454. The summed E-state index contributed by atoms with van der Waals surface area (Å²) in [6.07, 6.45) is 3.36. The number of nitrogen functional groups attached to an aromatic ring is 1. The molecule has 104 valence electrons. The number of nitrogens with zero attached hydrogens (tertiary/aromatic N) is 2. The molecule has 0 bridgehead atoms. The fraction of sp³-hybridized carbons (Fsp3) is 0.154. The van der Waals surface area contributed by atoms with Gasteiger partial charge in [-0.3, -0.25) is 9.78 Å². The molecule has 0 aliphatic heterocycles. The standard InChI is InChI=1S/C13H14ClN5O/c1-8(9-2-4-16-5-3-9)17-13(20)10-6-11(14)18-12(7-10)19-15/h2-8H,15H2,1H3,(H,17,20)(H,18,19). The van der Waals surface area contributed by atoms with Gasteiger partial charge in [-0.15, -0.1) is 0 Å². The Labute approximate surface area is 121 Å². The van der Waals surface area contributed by atoms with E-state index >= 15 is 0 Å². The molecule has 0 spiro atoms. The maximum atomic E-state index is 12.2. The van der Waals surface area contributed by atoms with Gasteiger partial charge in [0, 0.05) is 18.0 Å². The summed E-state index contributed by atoms with van der Waals surface area (Å²) in [5, 5.41) is 3.07. The van der Waals surface area contributed by atoms with E-state index in [1.807, 2.05) is 19.1 Å². The van der Waals surface area contributed by atoms with Gasteiger partial charge in [-0.2, -0.15) is 0 Å². The van der Waals surface area contributed by atoms with Crippen LogP contribution in [0.2, 0.25) is 5.15 Å². The molecule has 2 aromatic heterocycles. The number of rotatable bonds is 4. The van der Waals surface area contributed by atoms with Crippen molar-refractivity contribution >= 4 is 23.3 Å². The number of aromatic nitrogens is 2. The molecule has 7 heteroatoms. The van der Waals surface area contributed by atoms with E-state index in [9.17, 15) is 4.79 Å². The topological polar surface area (TPSA) is 92.9 Å². The average Bonchev–Trinajstić information content (AvgIpc) is 2.47. The molecule has 2 heterocycles. The summed E-state index contributed by atoms with van der Waals surface area (Å²) in [5.41, 5.74) is 3.72. The van der Waals surface area contributed by atoms with E-state index in [4.69, 9.17) is 17.4 Å². The molecule has 1 amide bonds. The molecule has 2 aromatic rings. The SMILES string of the molecule is CC(NC(=O)c1cc(Cl)nc(NN)c1)c1ccncc1. The van der Waals surface area contributed by atoms with E-state index in [-0.39, 0.29) is 17.1 Å². The third-order valence-electron chi connectivity index (χ3n) is 2.76. The lowest BCUT2D eigenvalue weighted by Gasteiger charge is -2.14. The summed E-state index contributed by atoms with van der Waals surface area (Å²) in [5.74, 6) is 5.35. The predicted molar refractivity (Wildman–Crippen MR) is 77.2 cm³/mol. The van der Waals surface area contributed by atoms with Crippen LogP contribution in [0.3, 0.4) is 0 Å². The number of carbonyl (C=O) groups excluding carboxylic acids is 1. The normalized spacial score (nSPS) is 11.8. The van der Waals surface area contributed by atoms with Crippen LogP contribution < -0.4 is 16.6 Å². The predicted octanol–water partition coefficient (Wildman–Crippen LogP) is 1.91. The number of nitrogens with one attached hydrogen (secondary N) is 2. The van der Waals surface area contributed by atoms with E-state index in [1.54, 1.807) is 12.4 Å². The van der Waals surface area contributed by atoms with Gasteiger partial charge in [0.2, 0.25) is 0 Å². The van der Waals surface area contributed by atoms with Crippen molar-refractivity contribution in [3.63, 3.8) is 0 Å². The molecule has 0 aliphatic rings. The maximum absolute atomic E-state index is 12.2. The van der Waals surface area contributed by atoms with E-state index in [1.165, 1.54) is 12.1 Å². The Morgan fingerprint density at radius 1 is 1.35 bits per heavy atom. The van der Waals surface area contributed by atoms with Crippen molar-refractivity contribution in [1.82, 2.24) is 15.3 Å². The Bertz CT molecular complexity index is 605. The van der Waals surface area contributed by atoms with E-state index in [0.29, 0.717) is 11.4 Å². The molecular weight excluding hydrogens is 278 g/mol. The number of amides is 1. The van der Waals surface area contributed by atoms with Crippen molar-refractivity contribution in [3.05, 3.63) is 52.9 Å². The number of nitrogens with two attached hydrogens (primary N) is 1. The van der Waals surface area contributed by atoms with Crippen molar-refractivity contribution in [2.75, 3.05) is 5.43 Å². The van der Waals surface area contributed by atoms with Crippen molar-refractivity contribution in [2.45, 2.75) is 13.0 Å². The Morgan fingerprint density at radius 2 is 2.05 bits per heavy atom. The van der Waals surface area contributed by atoms with Crippen LogP contribution in [0.4, 0.5) is 5.82 Å². The van der Waals surface area contributed by atoms with Crippen LogP contribution in [0.1, 0.15) is 28.9 Å². The highest BCUT2D eigenvalue weighted by Crippen LogP contribution is 2.16. The van der Waals surface area contributed by atoms with Gasteiger partial charge in [0.05, 0.1) is 6.04 Å². The van der Waals surface area contributed by atoms with Gasteiger partial charge in [0.25, 0.3) is 5.91 Å². The highest BCUT2D eigenvalue weighted by molar-refractivity contribution is 6.29. The largest absolute Gasteiger partial charge is 0.346 e. The smallest absolute Gasteiger partial charge is 0.251 e. The third kappa shape index (κ3) is 3.43. The van der Waals surface area contributed by atoms with Crippen LogP contribution in [0.25, 0.3) is 0 Å². The van der Waals surface area contributed by atoms with Gasteiger partial charge in [-0.05, 0) is 36.8 Å². The minimum Gasteiger partial charge on any atom is -0.346 e. The molecular formula is C13H14ClN5O. The molecule has 0 saturated carbocycles. The van der Waals surface area contributed by atoms with Gasteiger partial charge in [0.15, 0.2) is 0 Å². The number of halogens is 1. The average molecular weight is 292 g/mol. The van der Waals surface area contributed by atoms with Gasteiger partial charge in [0.1, 0.15) is 11.0 Å². The molecule has 1 atom stereocenters. The number of pyridine rings is 2.